The normalized spacial score (nSPS) is 12.7. The zero-order chi connectivity index (χ0) is 12.7. The molecule has 0 spiro atoms. The minimum Gasteiger partial charge on any atom is -0.506 e. The molecular formula is C11H19IN4O2. The molecule has 1 rings (SSSR count). The Bertz CT molecular complexity index is 387. The molecule has 7 heteroatoms. The summed E-state index contributed by atoms with van der Waals surface area (Å²) in [6.45, 7) is 2.72. The lowest BCUT2D eigenvalue weighted by Gasteiger charge is -2.12. The van der Waals surface area contributed by atoms with Crippen LogP contribution >= 0.6 is 24.0 Å². The van der Waals surface area contributed by atoms with Crippen LogP contribution in [0.1, 0.15) is 12.6 Å². The largest absolute Gasteiger partial charge is 0.506 e. The monoisotopic (exact) mass is 366 g/mol. The molecule has 18 heavy (non-hydrogen) atoms. The molecule has 0 amide bonds. The van der Waals surface area contributed by atoms with E-state index in [-0.39, 0.29) is 42.3 Å². The lowest BCUT2D eigenvalue weighted by Crippen LogP contribution is -2.40. The molecular weight excluding hydrogens is 347 g/mol. The number of nitrogens with zero attached hydrogens (tertiary/aromatic N) is 2. The molecule has 0 aromatic carbocycles. The van der Waals surface area contributed by atoms with Crippen molar-refractivity contribution in [1.82, 2.24) is 10.3 Å². The number of halogens is 1. The fourth-order valence-corrected chi connectivity index (χ4v) is 1.30. The zero-order valence-corrected chi connectivity index (χ0v) is 12.8. The van der Waals surface area contributed by atoms with Crippen molar-refractivity contribution < 1.29 is 9.84 Å². The summed E-state index contributed by atoms with van der Waals surface area (Å²) in [5, 5.41) is 12.4. The van der Waals surface area contributed by atoms with Gasteiger partial charge in [-0.25, -0.2) is 4.99 Å². The van der Waals surface area contributed by atoms with Crippen LogP contribution in [0.3, 0.4) is 0 Å². The Kier molecular flexibility index (Phi) is 8.38. The van der Waals surface area contributed by atoms with Gasteiger partial charge in [0.1, 0.15) is 11.4 Å². The summed E-state index contributed by atoms with van der Waals surface area (Å²) in [5.41, 5.74) is 6.17. The first-order chi connectivity index (χ1) is 8.13. The van der Waals surface area contributed by atoms with Crippen LogP contribution < -0.4 is 11.1 Å². The smallest absolute Gasteiger partial charge is 0.189 e. The first-order valence-corrected chi connectivity index (χ1v) is 5.31. The summed E-state index contributed by atoms with van der Waals surface area (Å²) in [6, 6.07) is 3.31. The summed E-state index contributed by atoms with van der Waals surface area (Å²) in [5.74, 6) is 0.425. The van der Waals surface area contributed by atoms with E-state index in [9.17, 15) is 5.11 Å². The molecule has 102 valence electrons. The number of aromatic nitrogens is 1. The number of aromatic hydroxyl groups is 1. The Morgan fingerprint density at radius 2 is 2.39 bits per heavy atom. The molecule has 0 bridgehead atoms. The molecule has 1 aromatic heterocycles. The fraction of sp³-hybridized carbons (Fsp3) is 0.455. The van der Waals surface area contributed by atoms with E-state index in [0.29, 0.717) is 18.3 Å². The third-order valence-electron chi connectivity index (χ3n) is 2.08. The van der Waals surface area contributed by atoms with Crippen LogP contribution in [-0.4, -0.2) is 35.8 Å². The maximum atomic E-state index is 9.48. The van der Waals surface area contributed by atoms with E-state index >= 15 is 0 Å². The maximum absolute atomic E-state index is 9.48. The van der Waals surface area contributed by atoms with Gasteiger partial charge in [-0.3, -0.25) is 4.98 Å². The third kappa shape index (κ3) is 6.01. The Morgan fingerprint density at radius 3 is 3.00 bits per heavy atom. The van der Waals surface area contributed by atoms with Crippen molar-refractivity contribution in [1.29, 1.82) is 0 Å². The van der Waals surface area contributed by atoms with Gasteiger partial charge in [-0.05, 0) is 19.1 Å². The van der Waals surface area contributed by atoms with Crippen LogP contribution in [0.5, 0.6) is 5.75 Å². The predicted molar refractivity (Wildman–Crippen MR) is 81.1 cm³/mol. The van der Waals surface area contributed by atoms with Crippen molar-refractivity contribution in [3.8, 4) is 5.75 Å². The molecule has 1 atom stereocenters. The average molecular weight is 366 g/mol. The number of methoxy groups -OCH3 is 1. The minimum absolute atomic E-state index is 0. The Balaban J connectivity index is 0.00000289. The highest BCUT2D eigenvalue weighted by Crippen LogP contribution is 2.12. The number of guanidine groups is 1. The van der Waals surface area contributed by atoms with E-state index in [4.69, 9.17) is 10.5 Å². The molecule has 6 nitrogen and oxygen atoms in total. The predicted octanol–water partition coefficient (Wildman–Crippen LogP) is 0.844. The summed E-state index contributed by atoms with van der Waals surface area (Å²) in [7, 11) is 1.62. The van der Waals surface area contributed by atoms with Crippen molar-refractivity contribution in [2.75, 3.05) is 13.7 Å². The summed E-state index contributed by atoms with van der Waals surface area (Å²) >= 11 is 0. The first kappa shape index (κ1) is 16.9. The quantitative estimate of drug-likeness (QED) is 0.408. The number of rotatable bonds is 5. The first-order valence-electron chi connectivity index (χ1n) is 5.31. The fourth-order valence-electron chi connectivity index (χ4n) is 1.30. The van der Waals surface area contributed by atoms with Gasteiger partial charge in [-0.1, -0.05) is 0 Å². The van der Waals surface area contributed by atoms with E-state index in [1.54, 1.807) is 25.4 Å². The van der Waals surface area contributed by atoms with Crippen LogP contribution in [0.2, 0.25) is 0 Å². The van der Waals surface area contributed by atoms with Crippen molar-refractivity contribution in [3.05, 3.63) is 24.0 Å². The summed E-state index contributed by atoms with van der Waals surface area (Å²) < 4.78 is 4.96. The van der Waals surface area contributed by atoms with Gasteiger partial charge in [-0.2, -0.15) is 0 Å². The number of hydrogen-bond acceptors (Lipinski definition) is 4. The molecule has 0 aliphatic heterocycles. The number of nitrogens with one attached hydrogen (secondary N) is 1. The molecule has 4 N–H and O–H groups in total. The van der Waals surface area contributed by atoms with E-state index in [1.165, 1.54) is 0 Å². The van der Waals surface area contributed by atoms with Gasteiger partial charge in [0.05, 0.1) is 13.2 Å². The van der Waals surface area contributed by atoms with Gasteiger partial charge < -0.3 is 20.9 Å². The molecule has 0 fully saturated rings. The Hall–Kier alpha value is -1.09. The van der Waals surface area contributed by atoms with E-state index in [2.05, 4.69) is 15.3 Å². The molecule has 1 heterocycles. The van der Waals surface area contributed by atoms with Gasteiger partial charge in [0.2, 0.25) is 0 Å². The number of pyridine rings is 1. The van der Waals surface area contributed by atoms with E-state index < -0.39 is 0 Å². The van der Waals surface area contributed by atoms with E-state index in [1.807, 2.05) is 6.92 Å². The number of hydrogen-bond donors (Lipinski definition) is 3. The standard InChI is InChI=1S/C11H18N4O2.HI/c1-8(7-17-2)15-11(12)14-6-9-10(16)4-3-5-13-9;/h3-5,8,16H,6-7H2,1-2H3,(H3,12,14,15);1H. The van der Waals surface area contributed by atoms with Crippen LogP contribution in [0, 0.1) is 0 Å². The summed E-state index contributed by atoms with van der Waals surface area (Å²) in [4.78, 5) is 8.08. The second-order valence-electron chi connectivity index (χ2n) is 3.67. The highest BCUT2D eigenvalue weighted by molar-refractivity contribution is 14.0. The Morgan fingerprint density at radius 1 is 1.67 bits per heavy atom. The maximum Gasteiger partial charge on any atom is 0.189 e. The van der Waals surface area contributed by atoms with Crippen molar-refractivity contribution >= 4 is 29.9 Å². The van der Waals surface area contributed by atoms with Gasteiger partial charge in [0, 0.05) is 19.3 Å². The lowest BCUT2D eigenvalue weighted by atomic mass is 10.3. The summed E-state index contributed by atoms with van der Waals surface area (Å²) in [6.07, 6.45) is 1.60. The van der Waals surface area contributed by atoms with Gasteiger partial charge in [-0.15, -0.1) is 24.0 Å². The molecule has 0 saturated carbocycles. The number of ether oxygens (including phenoxy) is 1. The lowest BCUT2D eigenvalue weighted by molar-refractivity contribution is 0.179. The molecule has 1 unspecified atom stereocenters. The van der Waals surface area contributed by atoms with Crippen molar-refractivity contribution in [2.45, 2.75) is 19.5 Å². The van der Waals surface area contributed by atoms with Crippen LogP contribution in [-0.2, 0) is 11.3 Å². The van der Waals surface area contributed by atoms with Crippen molar-refractivity contribution in [3.63, 3.8) is 0 Å². The SMILES string of the molecule is COCC(C)NC(N)=NCc1ncccc1O.I. The van der Waals surface area contributed by atoms with Crippen LogP contribution in [0.4, 0.5) is 0 Å². The molecule has 0 aliphatic carbocycles. The minimum atomic E-state index is 0. The average Bonchev–Trinajstić information content (AvgIpc) is 2.28. The zero-order valence-electron chi connectivity index (χ0n) is 10.5. The highest BCUT2D eigenvalue weighted by atomic mass is 127. The molecule has 0 radical (unpaired) electrons. The van der Waals surface area contributed by atoms with E-state index in [0.717, 1.165) is 0 Å². The number of nitrogens with two attached hydrogens (primary N) is 1. The van der Waals surface area contributed by atoms with Crippen LogP contribution in [0.15, 0.2) is 23.3 Å². The second kappa shape index (κ2) is 8.92. The molecule has 1 aromatic rings. The van der Waals surface area contributed by atoms with Crippen molar-refractivity contribution in [2.24, 2.45) is 10.7 Å². The van der Waals surface area contributed by atoms with Gasteiger partial charge in [0.25, 0.3) is 0 Å². The number of aliphatic imine (C=N–C) groups is 1. The Labute approximate surface area is 124 Å². The van der Waals surface area contributed by atoms with Gasteiger partial charge >= 0.3 is 0 Å². The second-order valence-corrected chi connectivity index (χ2v) is 3.67. The van der Waals surface area contributed by atoms with Crippen LogP contribution in [0.25, 0.3) is 0 Å². The molecule has 0 saturated heterocycles. The topological polar surface area (TPSA) is 92.8 Å². The molecule has 0 aliphatic rings. The highest BCUT2D eigenvalue weighted by Gasteiger charge is 2.03. The van der Waals surface area contributed by atoms with Gasteiger partial charge in [0.15, 0.2) is 5.96 Å². The third-order valence-corrected chi connectivity index (χ3v) is 2.08.